The van der Waals surface area contributed by atoms with Crippen molar-refractivity contribution in [1.82, 2.24) is 50.8 Å². The quantitative estimate of drug-likeness (QED) is 0.00692. The molecule has 129 heavy (non-hydrogen) atoms. The molecule has 25 nitrogen and oxygen atoms in total. The molecule has 15 rings (SSSR count). The Morgan fingerprint density at radius 3 is 0.977 bits per heavy atom. The monoisotopic (exact) mass is 1820 g/mol. The summed E-state index contributed by atoms with van der Waals surface area (Å²) in [5, 5.41) is 58.1. The molecule has 0 aliphatic rings. The molecule has 0 aliphatic heterocycles. The summed E-state index contributed by atoms with van der Waals surface area (Å²) in [6.45, 7) is 43.1. The summed E-state index contributed by atoms with van der Waals surface area (Å²) in [5.41, 5.74) is 25.7. The van der Waals surface area contributed by atoms with Crippen LogP contribution in [0.4, 0.5) is 45.5 Å². The van der Waals surface area contributed by atoms with E-state index in [0.29, 0.717) is 41.4 Å². The van der Waals surface area contributed by atoms with Crippen LogP contribution in [0.2, 0.25) is 0 Å². The predicted octanol–water partition coefficient (Wildman–Crippen LogP) is 12.7. The number of hydrogen-bond acceptors (Lipinski definition) is 19. The second kappa shape index (κ2) is 50.7. The summed E-state index contributed by atoms with van der Waals surface area (Å²) < 4.78 is 28.1. The number of aromatic amines is 3. The Morgan fingerprint density at radius 2 is 0.690 bits per heavy atom. The van der Waals surface area contributed by atoms with Crippen molar-refractivity contribution in [3.8, 4) is 44.5 Å². The number of nitrogens with one attached hydrogen (secondary N) is 3. The average molecular weight is 1820 g/mol. The molecule has 0 saturated heterocycles. The molecule has 0 aliphatic carbocycles. The van der Waals surface area contributed by atoms with Crippen LogP contribution >= 0.6 is 0 Å². The van der Waals surface area contributed by atoms with Crippen LogP contribution in [0.1, 0.15) is 118 Å². The number of aromatic nitrogens is 12. The van der Waals surface area contributed by atoms with Crippen LogP contribution in [0.3, 0.4) is 0 Å². The van der Waals surface area contributed by atoms with Crippen LogP contribution in [0, 0.1) is 64.4 Å². The van der Waals surface area contributed by atoms with Gasteiger partial charge < -0.3 is 41.3 Å². The summed E-state index contributed by atoms with van der Waals surface area (Å²) in [6.07, 6.45) is 0. The van der Waals surface area contributed by atoms with E-state index in [1.807, 2.05) is 35.2 Å². The van der Waals surface area contributed by atoms with Crippen molar-refractivity contribution in [2.75, 3.05) is 52.4 Å². The molecule has 0 bridgehead atoms. The Hall–Kier alpha value is -8.77. The van der Waals surface area contributed by atoms with E-state index in [2.05, 4.69) is 355 Å². The number of rotatable bonds is 31. The van der Waals surface area contributed by atoms with Gasteiger partial charge in [0.2, 0.25) is 13.1 Å². The third-order valence-corrected chi connectivity index (χ3v) is 21.7. The van der Waals surface area contributed by atoms with E-state index < -0.39 is 10.1 Å². The van der Waals surface area contributed by atoms with Crippen LogP contribution in [0.5, 0.6) is 0 Å². The summed E-state index contributed by atoms with van der Waals surface area (Å²) in [4.78, 5) is 34.9. The van der Waals surface area contributed by atoms with Gasteiger partial charge in [0, 0.05) is 116 Å². The van der Waals surface area contributed by atoms with Gasteiger partial charge in [-0.25, -0.2) is 0 Å². The number of para-hydroxylation sites is 4. The standard InChI is InChI=1S/C46H55N8.C42H46N8.C11H16O3S.CH2O3.2K.HNO2.Na.H/c1-31(2)27-51(37-15-11-9-12-16-37)39-23-19-35(20-24-39)41-43-45(49-53(47-43)29-33(5)6)42(46-44(41)48-54(50-46)30-34(7)8)36-21-25-40(26-22-36)52(28-32(3)4)38-17-13-10-14-18-38;1-28(2)25-48(33-13-9-7-10-14-33)35-21-17-31(18-22-35)37-39-40(44-47-43-39)38(42-41(37)45-50(46-42)27-30(5)6)32-19-23-36(24-20-32)49(26-29(3)4)34-15-11-8-12-16-34;1-9(2)8-14-15(12,13)11-6-4-10(3)5-7-11;2-1-4-3;;;2-1-3;;/h9-26,31-34H,27-30H2,1-8H3,(H,47,49);7-24,28-30H,25-27H2,1-6H3,(H,43,44,45,46);4-7,9H,8H2,1-3H3;1,3H;;;(H,2,3);;/q+1;;;;2*+1;;+1;-1/p-1. The minimum Gasteiger partial charge on any atom is -1.00 e. The fourth-order valence-electron chi connectivity index (χ4n) is 15.1. The third kappa shape index (κ3) is 28.4. The molecule has 4 heterocycles. The fraction of sp³-hybridized carbons (Fsp3) is 0.330. The smallest absolute Gasteiger partial charge is 1.00 e. The van der Waals surface area contributed by atoms with Gasteiger partial charge in [-0.05, 0) is 183 Å². The van der Waals surface area contributed by atoms with Gasteiger partial charge >= 0.3 is 132 Å². The molecule has 0 radical (unpaired) electrons. The van der Waals surface area contributed by atoms with Crippen molar-refractivity contribution in [3.05, 3.63) is 258 Å². The number of fused-ring (bicyclic) bond motifs is 4. The molecule has 4 aromatic heterocycles. The number of benzene rings is 11. The van der Waals surface area contributed by atoms with Crippen LogP contribution in [-0.2, 0) is 43.6 Å². The van der Waals surface area contributed by atoms with E-state index in [0.717, 1.165) is 168 Å². The van der Waals surface area contributed by atoms with E-state index in [4.69, 9.17) is 54.9 Å². The molecule has 0 spiro atoms. The van der Waals surface area contributed by atoms with Gasteiger partial charge in [-0.2, -0.15) is 38.8 Å². The Labute approximate surface area is 867 Å². The number of carbonyl (C=O) groups is 1. The Kier molecular flexibility index (Phi) is 41.5. The van der Waals surface area contributed by atoms with Crippen molar-refractivity contribution in [2.45, 2.75) is 142 Å². The topological polar surface area (TPSA) is 296 Å². The molecule has 0 fully saturated rings. The summed E-state index contributed by atoms with van der Waals surface area (Å²) in [7, 11) is -3.57. The third-order valence-electron chi connectivity index (χ3n) is 20.4. The molecule has 0 unspecified atom stereocenters. The van der Waals surface area contributed by atoms with Crippen LogP contribution < -0.4 is 167 Å². The number of H-pyrrole nitrogens is 3. The molecule has 660 valence electrons. The maximum atomic E-state index is 11.6. The zero-order valence-corrected chi connectivity index (χ0v) is 87.4. The average Bonchev–Trinajstić information content (AvgIpc) is 1.56. The van der Waals surface area contributed by atoms with Gasteiger partial charge in [-0.3, -0.25) is 8.98 Å². The number of aryl methyl sites for hydroxylation is 1. The Balaban J connectivity index is 0.000000282. The van der Waals surface area contributed by atoms with E-state index in [9.17, 15) is 8.42 Å². The normalized spacial score (nSPS) is 11.2. The summed E-state index contributed by atoms with van der Waals surface area (Å²) in [5.74, 6) is 3.43. The molecule has 0 amide bonds. The molecular weight excluding hydrogens is 1700 g/mol. The van der Waals surface area contributed by atoms with Gasteiger partial charge in [0.25, 0.3) is 16.6 Å². The SMILES string of the molecule is CC(C)CN(c1ccccc1)c1ccc(-c2c3n[nH]nc3c(-c3ccc(N(CC(C)C)c4ccccc4)cc3)c3[nH][n+](CC(C)C)nc23)cc1.CC(C)CN(c1ccccc1)c1ccc(-c2c3nn(CC(C)C)nc3c(-c3ccc(N(CC(C)C)c4ccccc4)cc3)c3[nH][n+](CC(C)C)nc23)cc1.Cc1ccc(S(=O)(=O)OCC(C)C)cc1.O=CO[O-].O=N[O-].[H-].[K+].[K+].[Na+]. The van der Waals surface area contributed by atoms with Gasteiger partial charge in [0.05, 0.1) is 18.0 Å². The first-order valence-corrected chi connectivity index (χ1v) is 44.7. The first-order chi connectivity index (χ1) is 60.6. The number of hydrogen-bond donors (Lipinski definition) is 3. The maximum absolute atomic E-state index is 11.6. The van der Waals surface area contributed by atoms with Crippen molar-refractivity contribution in [2.24, 2.45) is 52.7 Å². The molecule has 11 aromatic carbocycles. The molecule has 0 saturated carbocycles. The minimum atomic E-state index is -3.57. The van der Waals surface area contributed by atoms with Gasteiger partial charge in [-0.15, -0.1) is 15.5 Å². The number of nitrogens with zero attached hydrogens (tertiary/aromatic N) is 14. The zero-order chi connectivity index (χ0) is 90.3. The van der Waals surface area contributed by atoms with Gasteiger partial charge in [0.15, 0.2) is 11.0 Å². The molecule has 3 N–H and O–H groups in total. The van der Waals surface area contributed by atoms with Crippen LogP contribution in [-0.4, -0.2) is 98.5 Å². The van der Waals surface area contributed by atoms with Crippen molar-refractivity contribution >= 4 is 106 Å². The molecule has 15 aromatic rings. The Bertz CT molecular complexity index is 5710. The Morgan fingerprint density at radius 1 is 0.411 bits per heavy atom. The van der Waals surface area contributed by atoms with E-state index in [-0.39, 0.29) is 158 Å². The first-order valence-electron chi connectivity index (χ1n) is 43.3. The zero-order valence-electron chi connectivity index (χ0n) is 79.4. The van der Waals surface area contributed by atoms with E-state index in [1.165, 1.54) is 22.7 Å². The number of anilines is 8. The molecule has 29 heteroatoms. The van der Waals surface area contributed by atoms with Gasteiger partial charge in [-0.1, -0.05) is 250 Å². The van der Waals surface area contributed by atoms with Crippen molar-refractivity contribution in [3.63, 3.8) is 0 Å². The number of carbonyl (C=O) groups excluding carboxylic acids is 1. The van der Waals surface area contributed by atoms with E-state index >= 15 is 0 Å². The molecular formula is C100H120K2N17NaO8S+2. The maximum Gasteiger partial charge on any atom is 1.00 e. The second-order valence-electron chi connectivity index (χ2n) is 34.9. The fourth-order valence-corrected chi connectivity index (χ4v) is 16.2. The second-order valence-corrected chi connectivity index (χ2v) is 36.6. The predicted molar refractivity (Wildman–Crippen MR) is 507 cm³/mol. The van der Waals surface area contributed by atoms with Crippen molar-refractivity contribution in [1.29, 1.82) is 0 Å². The van der Waals surface area contributed by atoms with Crippen LogP contribution in [0.25, 0.3) is 88.6 Å². The van der Waals surface area contributed by atoms with Crippen molar-refractivity contribution < 1.29 is 171 Å². The van der Waals surface area contributed by atoms with E-state index in [1.54, 1.807) is 24.3 Å². The molecule has 0 atom stereocenters. The summed E-state index contributed by atoms with van der Waals surface area (Å²) >= 11 is 0. The minimum absolute atomic E-state index is 0. The largest absolute Gasteiger partial charge is 1.00 e. The summed E-state index contributed by atoms with van der Waals surface area (Å²) in [6, 6.07) is 84.6. The first kappa shape index (κ1) is 106. The van der Waals surface area contributed by atoms with Crippen LogP contribution in [0.15, 0.2) is 253 Å². The van der Waals surface area contributed by atoms with Gasteiger partial charge in [0.1, 0.15) is 33.1 Å².